The minimum atomic E-state index is -0.131. The number of halogens is 1. The maximum atomic E-state index is 11.6. The number of nitrogens with zero attached hydrogens (tertiary/aromatic N) is 1. The second-order valence-corrected chi connectivity index (χ2v) is 3.40. The van der Waals surface area contributed by atoms with Gasteiger partial charge in [0.25, 0.3) is 5.91 Å². The predicted octanol–water partition coefficient (Wildman–Crippen LogP) is 2.05. The molecule has 0 bridgehead atoms. The van der Waals surface area contributed by atoms with E-state index in [-0.39, 0.29) is 5.91 Å². The maximum absolute atomic E-state index is 11.6. The summed E-state index contributed by atoms with van der Waals surface area (Å²) in [4.78, 5) is 13.1. The number of rotatable bonds is 2. The van der Waals surface area contributed by atoms with Crippen LogP contribution in [0.4, 0.5) is 0 Å². The van der Waals surface area contributed by atoms with Gasteiger partial charge < -0.3 is 9.64 Å². The standard InChI is InChI=1S/C10H12ClNO2/c1-12(2)10(13)7-5-4-6-8(14-3)9(7)11/h4-6H,1-3H3. The molecule has 1 aromatic carbocycles. The molecule has 76 valence electrons. The van der Waals surface area contributed by atoms with Crippen LogP contribution in [0, 0.1) is 0 Å². The van der Waals surface area contributed by atoms with Crippen molar-refractivity contribution in [1.29, 1.82) is 0 Å². The molecule has 0 N–H and O–H groups in total. The number of carbonyl (C=O) groups is 1. The van der Waals surface area contributed by atoms with Gasteiger partial charge in [0.05, 0.1) is 17.7 Å². The SMILES string of the molecule is COc1cccc(C(=O)N(C)C)c1Cl. The van der Waals surface area contributed by atoms with Crippen LogP contribution in [-0.2, 0) is 0 Å². The third-order valence-corrected chi connectivity index (χ3v) is 2.21. The summed E-state index contributed by atoms with van der Waals surface area (Å²) in [5, 5.41) is 0.355. The van der Waals surface area contributed by atoms with Crippen molar-refractivity contribution < 1.29 is 9.53 Å². The first-order valence-corrected chi connectivity index (χ1v) is 4.50. The zero-order valence-electron chi connectivity index (χ0n) is 8.37. The fraction of sp³-hybridized carbons (Fsp3) is 0.300. The first-order valence-electron chi connectivity index (χ1n) is 4.12. The van der Waals surface area contributed by atoms with Crippen LogP contribution in [0.3, 0.4) is 0 Å². The van der Waals surface area contributed by atoms with Crippen LogP contribution in [0.25, 0.3) is 0 Å². The fourth-order valence-electron chi connectivity index (χ4n) is 1.07. The summed E-state index contributed by atoms with van der Waals surface area (Å²) < 4.78 is 5.01. The molecule has 0 saturated carbocycles. The van der Waals surface area contributed by atoms with Gasteiger partial charge in [0.2, 0.25) is 0 Å². The molecule has 0 radical (unpaired) electrons. The molecule has 4 heteroatoms. The van der Waals surface area contributed by atoms with E-state index < -0.39 is 0 Å². The van der Waals surface area contributed by atoms with Crippen molar-refractivity contribution in [2.45, 2.75) is 0 Å². The molecule has 0 fully saturated rings. The Labute approximate surface area is 88.2 Å². The number of amides is 1. The quantitative estimate of drug-likeness (QED) is 0.753. The molecule has 1 aromatic rings. The average Bonchev–Trinajstić information content (AvgIpc) is 2.17. The van der Waals surface area contributed by atoms with E-state index >= 15 is 0 Å². The van der Waals surface area contributed by atoms with Crippen LogP contribution in [0.5, 0.6) is 5.75 Å². The number of benzene rings is 1. The first kappa shape index (κ1) is 10.9. The lowest BCUT2D eigenvalue weighted by molar-refractivity contribution is 0.0827. The zero-order valence-corrected chi connectivity index (χ0v) is 9.13. The molecule has 0 aliphatic heterocycles. The van der Waals surface area contributed by atoms with Gasteiger partial charge in [0.1, 0.15) is 5.75 Å². The van der Waals surface area contributed by atoms with Gasteiger partial charge in [0, 0.05) is 14.1 Å². The van der Waals surface area contributed by atoms with Crippen molar-refractivity contribution in [3.63, 3.8) is 0 Å². The second-order valence-electron chi connectivity index (χ2n) is 3.02. The summed E-state index contributed by atoms with van der Waals surface area (Å²) in [6, 6.07) is 5.13. The third kappa shape index (κ3) is 1.99. The van der Waals surface area contributed by atoms with Crippen LogP contribution >= 0.6 is 11.6 Å². The Bertz CT molecular complexity index is 350. The van der Waals surface area contributed by atoms with Crippen molar-refractivity contribution in [2.24, 2.45) is 0 Å². The summed E-state index contributed by atoms with van der Waals surface area (Å²) in [6.45, 7) is 0. The lowest BCUT2D eigenvalue weighted by atomic mass is 10.2. The van der Waals surface area contributed by atoms with Crippen molar-refractivity contribution in [1.82, 2.24) is 4.90 Å². The van der Waals surface area contributed by atoms with Crippen molar-refractivity contribution >= 4 is 17.5 Å². The van der Waals surface area contributed by atoms with Gasteiger partial charge in [-0.1, -0.05) is 17.7 Å². The molecular formula is C10H12ClNO2. The third-order valence-electron chi connectivity index (χ3n) is 1.82. The van der Waals surface area contributed by atoms with Gasteiger partial charge in [-0.05, 0) is 12.1 Å². The zero-order chi connectivity index (χ0) is 10.7. The number of hydrogen-bond donors (Lipinski definition) is 0. The van der Waals surface area contributed by atoms with Gasteiger partial charge in [-0.25, -0.2) is 0 Å². The Balaban J connectivity index is 3.16. The molecule has 14 heavy (non-hydrogen) atoms. The van der Waals surface area contributed by atoms with E-state index in [0.29, 0.717) is 16.3 Å². The van der Waals surface area contributed by atoms with Crippen LogP contribution in [0.2, 0.25) is 5.02 Å². The monoisotopic (exact) mass is 213 g/mol. The Morgan fingerprint density at radius 3 is 2.57 bits per heavy atom. The summed E-state index contributed by atoms with van der Waals surface area (Å²) in [5.74, 6) is 0.383. The number of ether oxygens (including phenoxy) is 1. The van der Waals surface area contributed by atoms with Gasteiger partial charge in [-0.2, -0.15) is 0 Å². The van der Waals surface area contributed by atoms with Gasteiger partial charge in [0.15, 0.2) is 0 Å². The smallest absolute Gasteiger partial charge is 0.254 e. The van der Waals surface area contributed by atoms with Gasteiger partial charge >= 0.3 is 0 Å². The van der Waals surface area contributed by atoms with E-state index in [9.17, 15) is 4.79 Å². The highest BCUT2D eigenvalue weighted by atomic mass is 35.5. The van der Waals surface area contributed by atoms with E-state index in [1.54, 1.807) is 32.3 Å². The van der Waals surface area contributed by atoms with E-state index in [1.807, 2.05) is 0 Å². The van der Waals surface area contributed by atoms with Gasteiger partial charge in [-0.15, -0.1) is 0 Å². The molecule has 0 aromatic heterocycles. The minimum absolute atomic E-state index is 0.131. The highest BCUT2D eigenvalue weighted by molar-refractivity contribution is 6.35. The molecule has 1 rings (SSSR count). The Morgan fingerprint density at radius 1 is 1.43 bits per heavy atom. The molecule has 0 aliphatic rings. The highest BCUT2D eigenvalue weighted by Crippen LogP contribution is 2.28. The molecule has 0 atom stereocenters. The minimum Gasteiger partial charge on any atom is -0.495 e. The predicted molar refractivity (Wildman–Crippen MR) is 56.0 cm³/mol. The molecule has 0 aliphatic carbocycles. The number of methoxy groups -OCH3 is 1. The van der Waals surface area contributed by atoms with Crippen molar-refractivity contribution in [2.75, 3.05) is 21.2 Å². The lowest BCUT2D eigenvalue weighted by Crippen LogP contribution is -2.22. The molecule has 0 heterocycles. The van der Waals surface area contributed by atoms with Gasteiger partial charge in [-0.3, -0.25) is 4.79 Å². The average molecular weight is 214 g/mol. The summed E-state index contributed by atoms with van der Waals surface area (Å²) in [5.41, 5.74) is 0.455. The number of carbonyl (C=O) groups excluding carboxylic acids is 1. The molecule has 0 unspecified atom stereocenters. The van der Waals surface area contributed by atoms with E-state index in [1.165, 1.54) is 12.0 Å². The first-order chi connectivity index (χ1) is 6.57. The largest absolute Gasteiger partial charge is 0.495 e. The Hall–Kier alpha value is -1.22. The lowest BCUT2D eigenvalue weighted by Gasteiger charge is -2.12. The topological polar surface area (TPSA) is 29.5 Å². The van der Waals surface area contributed by atoms with Crippen molar-refractivity contribution in [3.8, 4) is 5.75 Å². The Kier molecular flexibility index (Phi) is 3.36. The van der Waals surface area contributed by atoms with E-state index in [4.69, 9.17) is 16.3 Å². The molecule has 1 amide bonds. The number of hydrogen-bond acceptors (Lipinski definition) is 2. The summed E-state index contributed by atoms with van der Waals surface area (Å²) >= 11 is 5.98. The van der Waals surface area contributed by atoms with E-state index in [2.05, 4.69) is 0 Å². The van der Waals surface area contributed by atoms with Crippen LogP contribution < -0.4 is 4.74 Å². The molecule has 0 saturated heterocycles. The maximum Gasteiger partial charge on any atom is 0.254 e. The van der Waals surface area contributed by atoms with Crippen LogP contribution in [0.15, 0.2) is 18.2 Å². The van der Waals surface area contributed by atoms with Crippen LogP contribution in [0.1, 0.15) is 10.4 Å². The molecule has 3 nitrogen and oxygen atoms in total. The van der Waals surface area contributed by atoms with Crippen LogP contribution in [-0.4, -0.2) is 32.0 Å². The fourth-order valence-corrected chi connectivity index (χ4v) is 1.36. The second kappa shape index (κ2) is 4.33. The Morgan fingerprint density at radius 2 is 2.07 bits per heavy atom. The summed E-state index contributed by atoms with van der Waals surface area (Å²) in [6.07, 6.45) is 0. The van der Waals surface area contributed by atoms with E-state index in [0.717, 1.165) is 0 Å². The molecule has 0 spiro atoms. The molecular weight excluding hydrogens is 202 g/mol. The summed E-state index contributed by atoms with van der Waals surface area (Å²) in [7, 11) is 4.88. The highest BCUT2D eigenvalue weighted by Gasteiger charge is 2.14. The van der Waals surface area contributed by atoms with Crippen molar-refractivity contribution in [3.05, 3.63) is 28.8 Å². The normalized spacial score (nSPS) is 9.71.